The summed E-state index contributed by atoms with van der Waals surface area (Å²) in [6.45, 7) is 7.18. The first-order valence-electron chi connectivity index (χ1n) is 14.9. The van der Waals surface area contributed by atoms with Crippen molar-refractivity contribution in [1.29, 1.82) is 5.26 Å². The molecule has 0 unspecified atom stereocenters. The predicted octanol–water partition coefficient (Wildman–Crippen LogP) is 5.00. The molecule has 1 aliphatic heterocycles. The average Bonchev–Trinajstić information content (AvgIpc) is 3.54. The molecule has 0 spiro atoms. The maximum atomic E-state index is 14.3. The monoisotopic (exact) mass is 632 g/mol. The molecule has 1 atom stereocenters. The van der Waals surface area contributed by atoms with Gasteiger partial charge >= 0.3 is 5.97 Å². The van der Waals surface area contributed by atoms with Gasteiger partial charge in [-0.2, -0.15) is 5.26 Å². The van der Waals surface area contributed by atoms with Gasteiger partial charge in [-0.25, -0.2) is 9.79 Å². The Morgan fingerprint density at radius 2 is 1.78 bits per heavy atom. The molecular weight excluding hydrogens is 600 g/mol. The molecule has 46 heavy (non-hydrogen) atoms. The standard InChI is InChI=1S/C36H32N4O5S/c1-5-44-30-16-15-23(17-31(30)45-6-2)33-28(35(42)43-4)20-38-36-40(33)34(41)32(46-36)18-27-22(3)39(29-14-10-9-13-26(27)29)21-25-12-8-7-11-24(25)19-37/h7-18,20,33H,5-6,21H2,1-4H3/b32-18+/t33-/m0/s1. The highest BCUT2D eigenvalue weighted by molar-refractivity contribution is 7.07. The lowest BCUT2D eigenvalue weighted by molar-refractivity contribution is -0.136. The highest BCUT2D eigenvalue weighted by Crippen LogP contribution is 2.35. The Morgan fingerprint density at radius 3 is 2.54 bits per heavy atom. The third-order valence-corrected chi connectivity index (χ3v) is 9.03. The number of para-hydroxylation sites is 1. The third kappa shape index (κ3) is 5.39. The lowest BCUT2D eigenvalue weighted by atomic mass is 9.97. The summed E-state index contributed by atoms with van der Waals surface area (Å²) >= 11 is 1.26. The molecule has 0 amide bonds. The number of hydrogen-bond donors (Lipinski definition) is 0. The number of aromatic nitrogens is 2. The first-order chi connectivity index (χ1) is 22.4. The van der Waals surface area contributed by atoms with Gasteiger partial charge in [-0.15, -0.1) is 0 Å². The minimum absolute atomic E-state index is 0.233. The van der Waals surface area contributed by atoms with Crippen molar-refractivity contribution < 1.29 is 19.0 Å². The van der Waals surface area contributed by atoms with Gasteiger partial charge in [0.2, 0.25) is 0 Å². The van der Waals surface area contributed by atoms with E-state index in [0.717, 1.165) is 27.7 Å². The van der Waals surface area contributed by atoms with E-state index in [1.54, 1.807) is 16.7 Å². The van der Waals surface area contributed by atoms with Crippen LogP contribution in [0.1, 0.15) is 47.8 Å². The fourth-order valence-corrected chi connectivity index (χ4v) is 6.85. The third-order valence-electron chi connectivity index (χ3n) is 8.03. The quantitative estimate of drug-likeness (QED) is 0.212. The molecule has 5 aromatic rings. The maximum Gasteiger partial charge on any atom is 0.337 e. The van der Waals surface area contributed by atoms with Crippen molar-refractivity contribution in [2.75, 3.05) is 20.3 Å². The molecule has 0 fully saturated rings. The molecular formula is C36H32N4O5S. The van der Waals surface area contributed by atoms with Crippen molar-refractivity contribution in [3.05, 3.63) is 126 Å². The van der Waals surface area contributed by atoms with E-state index in [1.807, 2.05) is 81.4 Å². The Balaban J connectivity index is 1.52. The van der Waals surface area contributed by atoms with Crippen LogP contribution < -0.4 is 24.4 Å². The first kappa shape index (κ1) is 30.6. The summed E-state index contributed by atoms with van der Waals surface area (Å²) in [4.78, 5) is 32.2. The summed E-state index contributed by atoms with van der Waals surface area (Å²) < 4.78 is 20.9. The summed E-state index contributed by atoms with van der Waals surface area (Å²) in [5, 5.41) is 10.7. The Morgan fingerprint density at radius 1 is 1.04 bits per heavy atom. The number of ether oxygens (including phenoxy) is 3. The molecule has 3 heterocycles. The topological polar surface area (TPSA) is 108 Å². The summed E-state index contributed by atoms with van der Waals surface area (Å²) in [6.07, 6.45) is 3.38. The SMILES string of the molecule is CCOc1ccc([C@H]2C(C(=O)OC)=CN=c3s/c(=C/c4c(C)n(Cc5ccccc5C#N)c5ccccc45)c(=O)n32)cc1OCC. The van der Waals surface area contributed by atoms with Gasteiger partial charge in [0.25, 0.3) is 5.56 Å². The lowest BCUT2D eigenvalue weighted by Crippen LogP contribution is -2.39. The number of carbonyl (C=O) groups excluding carboxylic acids is 1. The number of hydrogen-bond acceptors (Lipinski definition) is 8. The number of methoxy groups -OCH3 is 1. The second-order valence-electron chi connectivity index (χ2n) is 10.6. The van der Waals surface area contributed by atoms with Crippen LogP contribution >= 0.6 is 11.3 Å². The van der Waals surface area contributed by atoms with Gasteiger partial charge in [-0.1, -0.05) is 53.8 Å². The van der Waals surface area contributed by atoms with Crippen LogP contribution in [0.2, 0.25) is 0 Å². The van der Waals surface area contributed by atoms with Crippen molar-refractivity contribution >= 4 is 34.3 Å². The molecule has 1 aliphatic rings. The molecule has 0 aliphatic carbocycles. The van der Waals surface area contributed by atoms with E-state index in [-0.39, 0.29) is 11.1 Å². The largest absolute Gasteiger partial charge is 0.490 e. The summed E-state index contributed by atoms with van der Waals surface area (Å²) in [6, 6.07) is 22.5. The van der Waals surface area contributed by atoms with Crippen molar-refractivity contribution in [1.82, 2.24) is 9.13 Å². The van der Waals surface area contributed by atoms with Crippen LogP contribution in [0.15, 0.2) is 88.3 Å². The van der Waals surface area contributed by atoms with Crippen LogP contribution in [0.25, 0.3) is 17.0 Å². The molecule has 9 nitrogen and oxygen atoms in total. The molecule has 0 radical (unpaired) electrons. The van der Waals surface area contributed by atoms with Gasteiger partial charge in [-0.3, -0.25) is 9.36 Å². The van der Waals surface area contributed by atoms with Crippen molar-refractivity contribution in [3.8, 4) is 17.6 Å². The number of benzene rings is 3. The Hall–Kier alpha value is -5.40. The normalized spacial score (nSPS) is 14.3. The number of carbonyl (C=O) groups is 1. The molecule has 0 saturated carbocycles. The van der Waals surface area contributed by atoms with Gasteiger partial charge in [0, 0.05) is 34.9 Å². The zero-order chi connectivity index (χ0) is 32.4. The number of rotatable bonds is 9. The molecule has 232 valence electrons. The number of nitrogens with zero attached hydrogens (tertiary/aromatic N) is 4. The summed E-state index contributed by atoms with van der Waals surface area (Å²) in [5.41, 5.74) is 5.01. The van der Waals surface area contributed by atoms with Gasteiger partial charge in [0.15, 0.2) is 16.3 Å². The van der Waals surface area contributed by atoms with E-state index in [9.17, 15) is 14.9 Å². The summed E-state index contributed by atoms with van der Waals surface area (Å²) in [7, 11) is 1.31. The van der Waals surface area contributed by atoms with E-state index >= 15 is 0 Å². The number of nitriles is 1. The highest BCUT2D eigenvalue weighted by Gasteiger charge is 2.31. The van der Waals surface area contributed by atoms with Gasteiger partial charge in [0.1, 0.15) is 0 Å². The van der Waals surface area contributed by atoms with Crippen molar-refractivity contribution in [2.45, 2.75) is 33.4 Å². The smallest absolute Gasteiger partial charge is 0.337 e. The van der Waals surface area contributed by atoms with Crippen LogP contribution in [0, 0.1) is 18.3 Å². The molecule has 3 aromatic carbocycles. The molecule has 0 bridgehead atoms. The van der Waals surface area contributed by atoms with Gasteiger partial charge < -0.3 is 18.8 Å². The zero-order valence-electron chi connectivity index (χ0n) is 25.9. The van der Waals surface area contributed by atoms with Gasteiger partial charge in [-0.05, 0) is 62.2 Å². The van der Waals surface area contributed by atoms with E-state index < -0.39 is 12.0 Å². The maximum absolute atomic E-state index is 14.3. The Labute approximate surface area is 269 Å². The zero-order valence-corrected chi connectivity index (χ0v) is 26.8. The predicted molar refractivity (Wildman–Crippen MR) is 177 cm³/mol. The molecule has 2 aromatic heterocycles. The minimum atomic E-state index is -0.786. The van der Waals surface area contributed by atoms with E-state index in [4.69, 9.17) is 14.2 Å². The molecule has 0 saturated heterocycles. The second kappa shape index (κ2) is 12.9. The molecule has 0 N–H and O–H groups in total. The van der Waals surface area contributed by atoms with Gasteiger partial charge in [0.05, 0.1) is 48.1 Å². The molecule has 10 heteroatoms. The lowest BCUT2D eigenvalue weighted by Gasteiger charge is -2.23. The fraction of sp³-hybridized carbons (Fsp3) is 0.222. The average molecular weight is 633 g/mol. The Bertz CT molecular complexity index is 2230. The summed E-state index contributed by atoms with van der Waals surface area (Å²) in [5.74, 6) is 0.520. The fourth-order valence-electron chi connectivity index (χ4n) is 5.90. The second-order valence-corrected chi connectivity index (χ2v) is 11.6. The van der Waals surface area contributed by atoms with Crippen LogP contribution in [0.4, 0.5) is 0 Å². The van der Waals surface area contributed by atoms with E-state index in [1.165, 1.54) is 24.6 Å². The van der Waals surface area contributed by atoms with Crippen LogP contribution in [-0.2, 0) is 16.1 Å². The number of fused-ring (bicyclic) bond motifs is 2. The Kier molecular flexibility index (Phi) is 8.59. The highest BCUT2D eigenvalue weighted by atomic mass is 32.1. The minimum Gasteiger partial charge on any atom is -0.490 e. The number of esters is 1. The van der Waals surface area contributed by atoms with Crippen LogP contribution in [0.3, 0.4) is 0 Å². The van der Waals surface area contributed by atoms with Crippen LogP contribution in [0.5, 0.6) is 11.5 Å². The van der Waals surface area contributed by atoms with E-state index in [2.05, 4.69) is 15.6 Å². The van der Waals surface area contributed by atoms with Crippen molar-refractivity contribution in [3.63, 3.8) is 0 Å². The number of thiazole rings is 1. The first-order valence-corrected chi connectivity index (χ1v) is 15.8. The van der Waals surface area contributed by atoms with Crippen molar-refractivity contribution in [2.24, 2.45) is 4.99 Å². The molecule has 6 rings (SSSR count). The van der Waals surface area contributed by atoms with E-state index in [0.29, 0.717) is 51.7 Å². The van der Waals surface area contributed by atoms with Crippen LogP contribution in [-0.4, -0.2) is 35.4 Å².